The molecule has 2 N–H and O–H groups in total. The molecular weight excluding hydrogens is 480 g/mol. The van der Waals surface area contributed by atoms with Gasteiger partial charge in [0, 0.05) is 36.2 Å². The van der Waals surface area contributed by atoms with Crippen LogP contribution in [0.15, 0.2) is 85.5 Å². The van der Waals surface area contributed by atoms with Gasteiger partial charge in [0.15, 0.2) is 5.65 Å². The summed E-state index contributed by atoms with van der Waals surface area (Å²) in [5.74, 6) is 0.633. The fourth-order valence-electron chi connectivity index (χ4n) is 4.38. The van der Waals surface area contributed by atoms with Crippen molar-refractivity contribution in [1.82, 2.24) is 34.7 Å². The highest BCUT2D eigenvalue weighted by molar-refractivity contribution is 5.89. The zero-order valence-corrected chi connectivity index (χ0v) is 20.8. The van der Waals surface area contributed by atoms with Gasteiger partial charge >= 0.3 is 6.03 Å². The summed E-state index contributed by atoms with van der Waals surface area (Å²) in [6.45, 7) is 2.29. The minimum atomic E-state index is -0.282. The average Bonchev–Trinajstić information content (AvgIpc) is 3.53. The van der Waals surface area contributed by atoms with Crippen LogP contribution in [-0.4, -0.2) is 42.5 Å². The van der Waals surface area contributed by atoms with Crippen LogP contribution in [0.1, 0.15) is 11.3 Å². The fraction of sp³-hybridized carbons (Fsp3) is 0.107. The van der Waals surface area contributed by atoms with Crippen molar-refractivity contribution in [2.75, 3.05) is 12.4 Å². The molecular formula is C28H24N8O2. The third kappa shape index (κ3) is 4.28. The molecule has 6 aromatic rings. The van der Waals surface area contributed by atoms with Crippen molar-refractivity contribution in [3.63, 3.8) is 0 Å². The highest BCUT2D eigenvalue weighted by Crippen LogP contribution is 2.31. The molecule has 10 nitrogen and oxygen atoms in total. The van der Waals surface area contributed by atoms with Gasteiger partial charge in [-0.05, 0) is 48.9 Å². The van der Waals surface area contributed by atoms with E-state index in [0.717, 1.165) is 50.4 Å². The van der Waals surface area contributed by atoms with E-state index < -0.39 is 0 Å². The number of nitrogens with zero attached hydrogens (tertiary/aromatic N) is 6. The summed E-state index contributed by atoms with van der Waals surface area (Å²) in [4.78, 5) is 21.4. The van der Waals surface area contributed by atoms with Gasteiger partial charge < -0.3 is 15.4 Å². The Bertz CT molecular complexity index is 1770. The van der Waals surface area contributed by atoms with Crippen molar-refractivity contribution in [2.45, 2.75) is 13.5 Å². The molecule has 0 atom stereocenters. The molecule has 0 spiro atoms. The first kappa shape index (κ1) is 23.2. The van der Waals surface area contributed by atoms with E-state index in [9.17, 15) is 4.79 Å². The smallest absolute Gasteiger partial charge is 0.319 e. The number of aromatic nitrogens is 6. The van der Waals surface area contributed by atoms with Crippen LogP contribution in [0.3, 0.4) is 0 Å². The van der Waals surface area contributed by atoms with E-state index in [0.29, 0.717) is 12.3 Å². The molecule has 4 heterocycles. The molecule has 0 saturated carbocycles. The lowest BCUT2D eigenvalue weighted by atomic mass is 10.1. The van der Waals surface area contributed by atoms with E-state index in [1.807, 2.05) is 84.7 Å². The van der Waals surface area contributed by atoms with Gasteiger partial charge in [-0.1, -0.05) is 24.3 Å². The number of ether oxygens (including phenoxy) is 1. The van der Waals surface area contributed by atoms with Gasteiger partial charge in [-0.2, -0.15) is 10.2 Å². The maximum absolute atomic E-state index is 12.3. The predicted octanol–water partition coefficient (Wildman–Crippen LogP) is 4.77. The Kier molecular flexibility index (Phi) is 5.89. The first-order valence-electron chi connectivity index (χ1n) is 12.0. The van der Waals surface area contributed by atoms with E-state index in [1.54, 1.807) is 24.0 Å². The largest absolute Gasteiger partial charge is 0.494 e. The molecule has 0 radical (unpaired) electrons. The van der Waals surface area contributed by atoms with E-state index in [4.69, 9.17) is 9.84 Å². The highest BCUT2D eigenvalue weighted by atomic mass is 16.5. The number of carbonyl (C=O) groups excluding carboxylic acids is 1. The molecule has 0 bridgehead atoms. The van der Waals surface area contributed by atoms with E-state index >= 15 is 0 Å². The molecule has 0 aliphatic carbocycles. The van der Waals surface area contributed by atoms with Crippen LogP contribution < -0.4 is 15.4 Å². The lowest BCUT2D eigenvalue weighted by Crippen LogP contribution is -2.28. The number of aryl methyl sites for hydroxylation is 1. The molecule has 188 valence electrons. The molecule has 4 aromatic heterocycles. The monoisotopic (exact) mass is 504 g/mol. The molecule has 0 fully saturated rings. The van der Waals surface area contributed by atoms with Crippen LogP contribution in [0.5, 0.6) is 5.75 Å². The number of nitrogens with one attached hydrogen (secondary N) is 2. The molecule has 0 saturated heterocycles. The predicted molar refractivity (Wildman–Crippen MR) is 144 cm³/mol. The van der Waals surface area contributed by atoms with Crippen LogP contribution in [0.4, 0.5) is 10.5 Å². The number of anilines is 1. The van der Waals surface area contributed by atoms with E-state index in [2.05, 4.69) is 25.7 Å². The van der Waals surface area contributed by atoms with Crippen molar-refractivity contribution in [3.8, 4) is 22.7 Å². The average molecular weight is 505 g/mol. The van der Waals surface area contributed by atoms with Crippen LogP contribution in [0, 0.1) is 6.92 Å². The maximum Gasteiger partial charge on any atom is 0.319 e. The molecule has 2 amide bonds. The van der Waals surface area contributed by atoms with E-state index in [-0.39, 0.29) is 6.03 Å². The number of methoxy groups -OCH3 is 1. The summed E-state index contributed by atoms with van der Waals surface area (Å²) in [6, 6.07) is 18.6. The van der Waals surface area contributed by atoms with Crippen LogP contribution in [0.25, 0.3) is 33.5 Å². The number of benzene rings is 2. The number of hydrogen-bond acceptors (Lipinski definition) is 6. The number of fused-ring (bicyclic) bond motifs is 2. The Hall–Kier alpha value is -5.25. The molecule has 10 heteroatoms. The maximum atomic E-state index is 12.3. The summed E-state index contributed by atoms with van der Waals surface area (Å²) in [5, 5.41) is 15.8. The van der Waals surface area contributed by atoms with Crippen molar-refractivity contribution in [1.29, 1.82) is 0 Å². The van der Waals surface area contributed by atoms with Crippen molar-refractivity contribution < 1.29 is 9.53 Å². The van der Waals surface area contributed by atoms with E-state index in [1.165, 1.54) is 0 Å². The van der Waals surface area contributed by atoms with Gasteiger partial charge in [0.2, 0.25) is 0 Å². The van der Waals surface area contributed by atoms with Crippen molar-refractivity contribution >= 4 is 28.3 Å². The minimum Gasteiger partial charge on any atom is -0.494 e. The topological polar surface area (TPSA) is 111 Å². The van der Waals surface area contributed by atoms with Gasteiger partial charge in [-0.25, -0.2) is 19.0 Å². The van der Waals surface area contributed by atoms with Crippen LogP contribution in [0.2, 0.25) is 0 Å². The molecule has 38 heavy (non-hydrogen) atoms. The standard InChI is InChI=1S/C28H24N8O2/c1-18-21-16-30-23(22-17-32-35-12-6-11-29-27(22)35)14-25(21)36(34-18)24-10-9-19(13-26(24)38-2)15-31-28(37)33-20-7-4-3-5-8-20/h3-14,16-17H,15H2,1-2H3,(H2,31,33,37). The zero-order chi connectivity index (χ0) is 26.1. The Morgan fingerprint density at radius 1 is 1.03 bits per heavy atom. The lowest BCUT2D eigenvalue weighted by Gasteiger charge is -2.13. The van der Waals surface area contributed by atoms with Crippen molar-refractivity contribution in [2.24, 2.45) is 0 Å². The third-order valence-corrected chi connectivity index (χ3v) is 6.26. The summed E-state index contributed by atoms with van der Waals surface area (Å²) in [6.07, 6.45) is 7.18. The number of hydrogen-bond donors (Lipinski definition) is 2. The first-order chi connectivity index (χ1) is 18.6. The molecule has 0 aliphatic rings. The lowest BCUT2D eigenvalue weighted by molar-refractivity contribution is 0.251. The van der Waals surface area contributed by atoms with Gasteiger partial charge in [0.25, 0.3) is 0 Å². The number of pyridine rings is 1. The first-order valence-corrected chi connectivity index (χ1v) is 12.0. The Morgan fingerprint density at radius 3 is 2.74 bits per heavy atom. The van der Waals surface area contributed by atoms with Crippen LogP contribution >= 0.6 is 0 Å². The summed E-state index contributed by atoms with van der Waals surface area (Å²) < 4.78 is 9.31. The third-order valence-electron chi connectivity index (χ3n) is 6.26. The number of carbonyl (C=O) groups is 1. The fourth-order valence-corrected chi connectivity index (χ4v) is 4.38. The van der Waals surface area contributed by atoms with Gasteiger partial charge in [-0.3, -0.25) is 4.98 Å². The highest BCUT2D eigenvalue weighted by Gasteiger charge is 2.17. The van der Waals surface area contributed by atoms with Gasteiger partial charge in [0.05, 0.1) is 35.8 Å². The second-order valence-corrected chi connectivity index (χ2v) is 8.71. The minimum absolute atomic E-state index is 0.282. The summed E-state index contributed by atoms with van der Waals surface area (Å²) in [7, 11) is 1.62. The zero-order valence-electron chi connectivity index (χ0n) is 20.8. The quantitative estimate of drug-likeness (QED) is 0.338. The van der Waals surface area contributed by atoms with Crippen molar-refractivity contribution in [3.05, 3.63) is 96.7 Å². The summed E-state index contributed by atoms with van der Waals surface area (Å²) >= 11 is 0. The molecule has 6 rings (SSSR count). The molecule has 2 aromatic carbocycles. The number of urea groups is 1. The molecule has 0 aliphatic heterocycles. The second-order valence-electron chi connectivity index (χ2n) is 8.71. The Morgan fingerprint density at radius 2 is 1.89 bits per heavy atom. The second kappa shape index (κ2) is 9.66. The van der Waals surface area contributed by atoms with Gasteiger partial charge in [-0.15, -0.1) is 0 Å². The Balaban J connectivity index is 1.30. The molecule has 0 unspecified atom stereocenters. The van der Waals surface area contributed by atoms with Gasteiger partial charge in [0.1, 0.15) is 11.4 Å². The Labute approximate surface area is 217 Å². The number of amides is 2. The SMILES string of the molecule is COc1cc(CNC(=O)Nc2ccccc2)ccc1-n1nc(C)c2cnc(-c3cnn4cccnc34)cc21. The summed E-state index contributed by atoms with van der Waals surface area (Å²) in [5.41, 5.74) is 6.44. The number of para-hydroxylation sites is 1. The number of rotatable bonds is 6. The normalized spacial score (nSPS) is 11.1. The van der Waals surface area contributed by atoms with Crippen LogP contribution in [-0.2, 0) is 6.54 Å².